The van der Waals surface area contributed by atoms with Gasteiger partial charge in [-0.15, -0.1) is 5.10 Å². The number of nitrogens with zero attached hydrogens (tertiary/aromatic N) is 4. The number of thioether (sulfide) groups is 1. The van der Waals surface area contributed by atoms with Crippen molar-refractivity contribution in [3.8, 4) is 0 Å². The Morgan fingerprint density at radius 2 is 1.79 bits per heavy atom. The zero-order chi connectivity index (χ0) is 19.2. The highest BCUT2D eigenvalue weighted by molar-refractivity contribution is 7.99. The topological polar surface area (TPSA) is 72.2 Å². The first kappa shape index (κ1) is 18.2. The Balaban J connectivity index is 1.42. The number of carbonyl (C=O) groups is 1. The molecule has 0 aliphatic carbocycles. The molecule has 7 heteroatoms. The second kappa shape index (κ2) is 8.67. The molecule has 1 atom stereocenters. The zero-order valence-corrected chi connectivity index (χ0v) is 15.9. The number of nitrogens with one attached hydrogen (secondary N) is 1. The van der Waals surface area contributed by atoms with Gasteiger partial charge in [0.15, 0.2) is 0 Å². The summed E-state index contributed by atoms with van der Waals surface area (Å²) in [7, 11) is 0. The lowest BCUT2D eigenvalue weighted by Gasteiger charge is -2.19. The van der Waals surface area contributed by atoms with E-state index in [2.05, 4.69) is 32.5 Å². The molecule has 28 heavy (non-hydrogen) atoms. The highest BCUT2D eigenvalue weighted by Gasteiger charge is 2.16. The van der Waals surface area contributed by atoms with Gasteiger partial charge in [0.05, 0.1) is 11.8 Å². The lowest BCUT2D eigenvalue weighted by atomic mass is 9.99. The SMILES string of the molecule is O=C(CSc1nc2ncccn2n1)NC(Cc1ccccc1)c1ccccc1. The molecule has 0 fully saturated rings. The molecular formula is C21H19N5OS. The van der Waals surface area contributed by atoms with Crippen LogP contribution in [0.1, 0.15) is 17.2 Å². The Hall–Kier alpha value is -3.19. The van der Waals surface area contributed by atoms with Crippen molar-refractivity contribution in [1.29, 1.82) is 0 Å². The molecule has 0 aliphatic rings. The van der Waals surface area contributed by atoms with Gasteiger partial charge in [-0.05, 0) is 23.6 Å². The minimum absolute atomic E-state index is 0.0541. The summed E-state index contributed by atoms with van der Waals surface area (Å²) in [5.74, 6) is 0.716. The summed E-state index contributed by atoms with van der Waals surface area (Å²) in [6.45, 7) is 0. The van der Waals surface area contributed by atoms with E-state index in [1.807, 2.05) is 48.5 Å². The van der Waals surface area contributed by atoms with Crippen LogP contribution in [-0.2, 0) is 11.2 Å². The molecule has 0 aliphatic heterocycles. The van der Waals surface area contributed by atoms with Crippen LogP contribution < -0.4 is 5.32 Å². The highest BCUT2D eigenvalue weighted by Crippen LogP contribution is 2.19. The minimum atomic E-state index is -0.0904. The number of rotatable bonds is 7. The second-order valence-corrected chi connectivity index (χ2v) is 7.21. The first-order valence-corrected chi connectivity index (χ1v) is 9.95. The third kappa shape index (κ3) is 4.55. The second-order valence-electron chi connectivity index (χ2n) is 6.27. The molecule has 2 aromatic heterocycles. The molecule has 4 aromatic rings. The Morgan fingerprint density at radius 3 is 2.54 bits per heavy atom. The smallest absolute Gasteiger partial charge is 0.253 e. The van der Waals surface area contributed by atoms with Crippen molar-refractivity contribution in [3.05, 3.63) is 90.3 Å². The maximum absolute atomic E-state index is 12.6. The van der Waals surface area contributed by atoms with Crippen molar-refractivity contribution >= 4 is 23.4 Å². The van der Waals surface area contributed by atoms with Crippen molar-refractivity contribution in [3.63, 3.8) is 0 Å². The summed E-state index contributed by atoms with van der Waals surface area (Å²) >= 11 is 1.30. The van der Waals surface area contributed by atoms with Crippen LogP contribution >= 0.6 is 11.8 Å². The average Bonchev–Trinajstić information content (AvgIpc) is 3.16. The zero-order valence-electron chi connectivity index (χ0n) is 15.1. The summed E-state index contributed by atoms with van der Waals surface area (Å²) in [6.07, 6.45) is 4.18. The predicted molar refractivity (Wildman–Crippen MR) is 109 cm³/mol. The number of hydrogen-bond donors (Lipinski definition) is 1. The van der Waals surface area contributed by atoms with Crippen molar-refractivity contribution in [2.45, 2.75) is 17.6 Å². The molecule has 0 spiro atoms. The van der Waals surface area contributed by atoms with E-state index in [4.69, 9.17) is 0 Å². The molecular weight excluding hydrogens is 370 g/mol. The summed E-state index contributed by atoms with van der Waals surface area (Å²) in [5, 5.41) is 8.00. The average molecular weight is 389 g/mol. The number of aromatic nitrogens is 4. The fourth-order valence-electron chi connectivity index (χ4n) is 2.93. The predicted octanol–water partition coefficient (Wildman–Crippen LogP) is 3.32. The number of hydrogen-bond acceptors (Lipinski definition) is 5. The van der Waals surface area contributed by atoms with Crippen molar-refractivity contribution < 1.29 is 4.79 Å². The maximum Gasteiger partial charge on any atom is 0.253 e. The van der Waals surface area contributed by atoms with Gasteiger partial charge in [-0.2, -0.15) is 4.98 Å². The lowest BCUT2D eigenvalue weighted by Crippen LogP contribution is -2.31. The normalized spacial score (nSPS) is 12.0. The van der Waals surface area contributed by atoms with Gasteiger partial charge in [-0.3, -0.25) is 4.79 Å². The third-order valence-electron chi connectivity index (χ3n) is 4.25. The number of fused-ring (bicyclic) bond motifs is 1. The van der Waals surface area contributed by atoms with Gasteiger partial charge in [-0.1, -0.05) is 72.4 Å². The van der Waals surface area contributed by atoms with Crippen LogP contribution in [0.15, 0.2) is 84.3 Å². The van der Waals surface area contributed by atoms with Crippen molar-refractivity contribution in [2.75, 3.05) is 5.75 Å². The quantitative estimate of drug-likeness (QED) is 0.491. The molecule has 2 aromatic carbocycles. The van der Waals surface area contributed by atoms with Gasteiger partial charge in [0, 0.05) is 12.4 Å². The molecule has 140 valence electrons. The Labute approximate surface area is 167 Å². The minimum Gasteiger partial charge on any atom is -0.348 e. The summed E-state index contributed by atoms with van der Waals surface area (Å²) in [5.41, 5.74) is 2.26. The molecule has 1 N–H and O–H groups in total. The van der Waals surface area contributed by atoms with Gasteiger partial charge in [0.1, 0.15) is 0 Å². The van der Waals surface area contributed by atoms with Crippen molar-refractivity contribution in [1.82, 2.24) is 24.9 Å². The largest absolute Gasteiger partial charge is 0.348 e. The first-order valence-electron chi connectivity index (χ1n) is 8.96. The highest BCUT2D eigenvalue weighted by atomic mass is 32.2. The standard InChI is InChI=1S/C21H19N5OS/c27-19(15-28-21-24-20-22-12-7-13-26(20)25-21)23-18(17-10-5-2-6-11-17)14-16-8-3-1-4-9-16/h1-13,18H,14-15H2,(H,23,27). The fraction of sp³-hybridized carbons (Fsp3) is 0.143. The van der Waals surface area contributed by atoms with E-state index < -0.39 is 0 Å². The van der Waals surface area contributed by atoms with E-state index in [0.717, 1.165) is 12.0 Å². The molecule has 4 rings (SSSR count). The molecule has 0 saturated heterocycles. The van der Waals surface area contributed by atoms with Crippen molar-refractivity contribution in [2.24, 2.45) is 0 Å². The monoisotopic (exact) mass is 389 g/mol. The van der Waals surface area contributed by atoms with E-state index in [1.165, 1.54) is 17.3 Å². The summed E-state index contributed by atoms with van der Waals surface area (Å²) < 4.78 is 1.60. The van der Waals surface area contributed by atoms with E-state index in [1.54, 1.807) is 23.0 Å². The van der Waals surface area contributed by atoms with Gasteiger partial charge < -0.3 is 5.32 Å². The lowest BCUT2D eigenvalue weighted by molar-refractivity contribution is -0.119. The fourth-order valence-corrected chi connectivity index (χ4v) is 3.56. The van der Waals surface area contributed by atoms with E-state index in [0.29, 0.717) is 10.9 Å². The first-order chi connectivity index (χ1) is 13.8. The van der Waals surface area contributed by atoms with E-state index in [9.17, 15) is 4.79 Å². The van der Waals surface area contributed by atoms with Gasteiger partial charge in [0.25, 0.3) is 5.78 Å². The molecule has 0 saturated carbocycles. The summed E-state index contributed by atoms with van der Waals surface area (Å²) in [4.78, 5) is 21.0. The number of benzene rings is 2. The van der Waals surface area contributed by atoms with Crippen LogP contribution in [0.3, 0.4) is 0 Å². The maximum atomic E-state index is 12.6. The molecule has 2 heterocycles. The molecule has 1 unspecified atom stereocenters. The van der Waals surface area contributed by atoms with Crippen LogP contribution in [0.5, 0.6) is 0 Å². The Kier molecular flexibility index (Phi) is 5.63. The molecule has 6 nitrogen and oxygen atoms in total. The molecule has 0 bridgehead atoms. The van der Waals surface area contributed by atoms with Crippen LogP contribution in [0.4, 0.5) is 0 Å². The summed E-state index contributed by atoms with van der Waals surface area (Å²) in [6, 6.07) is 21.9. The van der Waals surface area contributed by atoms with E-state index >= 15 is 0 Å². The third-order valence-corrected chi connectivity index (χ3v) is 5.09. The van der Waals surface area contributed by atoms with E-state index in [-0.39, 0.29) is 17.7 Å². The van der Waals surface area contributed by atoms with Crippen LogP contribution in [-0.4, -0.2) is 31.2 Å². The van der Waals surface area contributed by atoms with Gasteiger partial charge in [0.2, 0.25) is 11.1 Å². The van der Waals surface area contributed by atoms with Gasteiger partial charge >= 0.3 is 0 Å². The van der Waals surface area contributed by atoms with Crippen LogP contribution in [0.25, 0.3) is 5.78 Å². The van der Waals surface area contributed by atoms with Crippen LogP contribution in [0.2, 0.25) is 0 Å². The number of amides is 1. The Bertz CT molecular complexity index is 1020. The van der Waals surface area contributed by atoms with Crippen LogP contribution in [0, 0.1) is 0 Å². The molecule has 1 amide bonds. The number of carbonyl (C=O) groups excluding carboxylic acids is 1. The molecule has 0 radical (unpaired) electrons. The van der Waals surface area contributed by atoms with Gasteiger partial charge in [-0.25, -0.2) is 9.50 Å². The Morgan fingerprint density at radius 1 is 1.04 bits per heavy atom.